The van der Waals surface area contributed by atoms with Gasteiger partial charge in [0.15, 0.2) is 0 Å². The number of aliphatic hydroxyl groups excluding tert-OH is 1. The standard InChI is InChI=1S/C13H26N2O2/c1-13(2,14)7-6-12(17)15-9-10-4-3-5-11(16)8-10/h10-11,16H,3-9,14H2,1-2H3,(H,15,17). The van der Waals surface area contributed by atoms with Gasteiger partial charge in [-0.2, -0.15) is 0 Å². The second-order valence-corrected chi connectivity index (χ2v) is 5.98. The lowest BCUT2D eigenvalue weighted by atomic mass is 9.87. The van der Waals surface area contributed by atoms with Crippen LogP contribution in [0.25, 0.3) is 0 Å². The smallest absolute Gasteiger partial charge is 0.220 e. The van der Waals surface area contributed by atoms with Crippen molar-refractivity contribution in [3.8, 4) is 0 Å². The van der Waals surface area contributed by atoms with Crippen molar-refractivity contribution in [3.63, 3.8) is 0 Å². The first-order chi connectivity index (χ1) is 7.87. The fraction of sp³-hybridized carbons (Fsp3) is 0.923. The third kappa shape index (κ3) is 6.64. The van der Waals surface area contributed by atoms with Crippen LogP contribution < -0.4 is 11.1 Å². The van der Waals surface area contributed by atoms with E-state index in [4.69, 9.17) is 5.73 Å². The lowest BCUT2D eigenvalue weighted by molar-refractivity contribution is -0.121. The second-order valence-electron chi connectivity index (χ2n) is 5.98. The van der Waals surface area contributed by atoms with Crippen LogP contribution in [0.1, 0.15) is 52.4 Å². The summed E-state index contributed by atoms with van der Waals surface area (Å²) < 4.78 is 0. The van der Waals surface area contributed by atoms with Gasteiger partial charge in [-0.05, 0) is 45.4 Å². The van der Waals surface area contributed by atoms with E-state index in [1.165, 1.54) is 0 Å². The van der Waals surface area contributed by atoms with Gasteiger partial charge in [0.25, 0.3) is 0 Å². The Labute approximate surface area is 104 Å². The first kappa shape index (κ1) is 14.5. The molecule has 0 radical (unpaired) electrons. The average molecular weight is 242 g/mol. The number of carbonyl (C=O) groups excluding carboxylic acids is 1. The molecule has 1 rings (SSSR count). The normalized spacial score (nSPS) is 25.6. The third-order valence-corrected chi connectivity index (χ3v) is 3.34. The maximum Gasteiger partial charge on any atom is 0.220 e. The van der Waals surface area contributed by atoms with Gasteiger partial charge in [-0.3, -0.25) is 4.79 Å². The zero-order valence-corrected chi connectivity index (χ0v) is 11.0. The fourth-order valence-electron chi connectivity index (χ4n) is 2.23. The maximum absolute atomic E-state index is 11.6. The fourth-order valence-corrected chi connectivity index (χ4v) is 2.23. The van der Waals surface area contributed by atoms with Gasteiger partial charge in [0.05, 0.1) is 6.10 Å². The molecule has 0 aromatic rings. The molecule has 4 N–H and O–H groups in total. The molecule has 4 nitrogen and oxygen atoms in total. The number of carbonyl (C=O) groups is 1. The van der Waals surface area contributed by atoms with Crippen molar-refractivity contribution in [2.75, 3.05) is 6.54 Å². The largest absolute Gasteiger partial charge is 0.393 e. The Kier molecular flexibility index (Phi) is 5.40. The number of rotatable bonds is 5. The van der Waals surface area contributed by atoms with Gasteiger partial charge < -0.3 is 16.2 Å². The van der Waals surface area contributed by atoms with Gasteiger partial charge in [0.1, 0.15) is 0 Å². The molecule has 2 unspecified atom stereocenters. The van der Waals surface area contributed by atoms with Crippen LogP contribution in [0.4, 0.5) is 0 Å². The van der Waals surface area contributed by atoms with Crippen LogP contribution in [0.15, 0.2) is 0 Å². The van der Waals surface area contributed by atoms with Crippen molar-refractivity contribution in [1.82, 2.24) is 5.32 Å². The van der Waals surface area contributed by atoms with E-state index in [1.807, 2.05) is 13.8 Å². The molecule has 1 fully saturated rings. The molecule has 1 saturated carbocycles. The summed E-state index contributed by atoms with van der Waals surface area (Å²) in [5.74, 6) is 0.511. The minimum Gasteiger partial charge on any atom is -0.393 e. The highest BCUT2D eigenvalue weighted by Gasteiger charge is 2.20. The van der Waals surface area contributed by atoms with E-state index < -0.39 is 0 Å². The minimum absolute atomic E-state index is 0.0728. The topological polar surface area (TPSA) is 75.4 Å². The van der Waals surface area contributed by atoms with Crippen LogP contribution in [-0.2, 0) is 4.79 Å². The zero-order chi connectivity index (χ0) is 12.9. The molecule has 0 aliphatic heterocycles. The summed E-state index contributed by atoms with van der Waals surface area (Å²) in [6, 6.07) is 0. The van der Waals surface area contributed by atoms with Crippen LogP contribution in [-0.4, -0.2) is 29.2 Å². The first-order valence-electron chi connectivity index (χ1n) is 6.60. The molecule has 1 aliphatic carbocycles. The molecule has 0 spiro atoms. The van der Waals surface area contributed by atoms with Gasteiger partial charge in [-0.1, -0.05) is 6.42 Å². The van der Waals surface area contributed by atoms with E-state index >= 15 is 0 Å². The molecular weight excluding hydrogens is 216 g/mol. The number of aliphatic hydroxyl groups is 1. The van der Waals surface area contributed by atoms with Crippen LogP contribution >= 0.6 is 0 Å². The van der Waals surface area contributed by atoms with Crippen molar-refractivity contribution < 1.29 is 9.90 Å². The summed E-state index contributed by atoms with van der Waals surface area (Å²) in [6.45, 7) is 4.55. The molecule has 17 heavy (non-hydrogen) atoms. The first-order valence-corrected chi connectivity index (χ1v) is 6.60. The molecule has 1 amide bonds. The molecule has 0 aromatic carbocycles. The predicted molar refractivity (Wildman–Crippen MR) is 68.5 cm³/mol. The van der Waals surface area contributed by atoms with Gasteiger partial charge >= 0.3 is 0 Å². The van der Waals surface area contributed by atoms with Crippen LogP contribution in [0.3, 0.4) is 0 Å². The van der Waals surface area contributed by atoms with Crippen molar-refractivity contribution >= 4 is 5.91 Å². The van der Waals surface area contributed by atoms with E-state index in [-0.39, 0.29) is 17.6 Å². The van der Waals surface area contributed by atoms with E-state index in [1.54, 1.807) is 0 Å². The zero-order valence-electron chi connectivity index (χ0n) is 11.0. The van der Waals surface area contributed by atoms with Crippen LogP contribution in [0.2, 0.25) is 0 Å². The number of hydrogen-bond donors (Lipinski definition) is 3. The maximum atomic E-state index is 11.6. The average Bonchev–Trinajstić information content (AvgIpc) is 2.23. The molecule has 1 aliphatic rings. The molecule has 0 bridgehead atoms. The summed E-state index contributed by atoms with van der Waals surface area (Å²) in [4.78, 5) is 11.6. The predicted octanol–water partition coefficient (Wildman–Crippen LogP) is 1.17. The quantitative estimate of drug-likeness (QED) is 0.677. The molecule has 2 atom stereocenters. The van der Waals surface area contributed by atoms with E-state index in [9.17, 15) is 9.90 Å². The molecule has 0 heterocycles. The Morgan fingerprint density at radius 3 is 2.76 bits per heavy atom. The van der Waals surface area contributed by atoms with Crippen molar-refractivity contribution in [3.05, 3.63) is 0 Å². The Bertz CT molecular complexity index is 248. The highest BCUT2D eigenvalue weighted by atomic mass is 16.3. The lowest BCUT2D eigenvalue weighted by Crippen LogP contribution is -2.36. The number of nitrogens with one attached hydrogen (secondary N) is 1. The van der Waals surface area contributed by atoms with Gasteiger partial charge in [-0.15, -0.1) is 0 Å². The molecular formula is C13H26N2O2. The Morgan fingerprint density at radius 2 is 2.18 bits per heavy atom. The molecule has 100 valence electrons. The van der Waals surface area contributed by atoms with E-state index in [0.717, 1.165) is 25.7 Å². The van der Waals surface area contributed by atoms with Crippen molar-refractivity contribution in [2.45, 2.75) is 64.0 Å². The summed E-state index contributed by atoms with van der Waals surface area (Å²) in [5, 5.41) is 12.5. The van der Waals surface area contributed by atoms with Crippen molar-refractivity contribution in [2.24, 2.45) is 11.7 Å². The van der Waals surface area contributed by atoms with Crippen LogP contribution in [0, 0.1) is 5.92 Å². The highest BCUT2D eigenvalue weighted by molar-refractivity contribution is 5.75. The van der Waals surface area contributed by atoms with Gasteiger partial charge in [-0.25, -0.2) is 0 Å². The Morgan fingerprint density at radius 1 is 1.47 bits per heavy atom. The second kappa shape index (κ2) is 6.36. The van der Waals surface area contributed by atoms with Crippen LogP contribution in [0.5, 0.6) is 0 Å². The molecule has 0 aromatic heterocycles. The number of hydrogen-bond acceptors (Lipinski definition) is 3. The van der Waals surface area contributed by atoms with Crippen molar-refractivity contribution in [1.29, 1.82) is 0 Å². The SMILES string of the molecule is CC(C)(N)CCC(=O)NCC1CCCC(O)C1. The van der Waals surface area contributed by atoms with Gasteiger partial charge in [0.2, 0.25) is 5.91 Å². The highest BCUT2D eigenvalue weighted by Crippen LogP contribution is 2.23. The summed E-state index contributed by atoms with van der Waals surface area (Å²) in [7, 11) is 0. The Hall–Kier alpha value is -0.610. The molecule has 4 heteroatoms. The lowest BCUT2D eigenvalue weighted by Gasteiger charge is -2.26. The minimum atomic E-state index is -0.279. The summed E-state index contributed by atoms with van der Waals surface area (Å²) in [6.07, 6.45) is 4.92. The van der Waals surface area contributed by atoms with Gasteiger partial charge in [0, 0.05) is 18.5 Å². The summed E-state index contributed by atoms with van der Waals surface area (Å²) in [5.41, 5.74) is 5.55. The summed E-state index contributed by atoms with van der Waals surface area (Å²) >= 11 is 0. The van der Waals surface area contributed by atoms with E-state index in [2.05, 4.69) is 5.32 Å². The number of amides is 1. The molecule has 0 saturated heterocycles. The monoisotopic (exact) mass is 242 g/mol. The number of nitrogens with two attached hydrogens (primary N) is 1. The third-order valence-electron chi connectivity index (χ3n) is 3.34. The Balaban J connectivity index is 2.15. The van der Waals surface area contributed by atoms with E-state index in [0.29, 0.717) is 25.3 Å².